The zero-order valence-electron chi connectivity index (χ0n) is 15.3. The van der Waals surface area contributed by atoms with E-state index in [9.17, 15) is 14.0 Å². The van der Waals surface area contributed by atoms with Crippen LogP contribution in [0.25, 0.3) is 0 Å². The van der Waals surface area contributed by atoms with Gasteiger partial charge in [0.25, 0.3) is 5.91 Å². The Balaban J connectivity index is 1.49. The average molecular weight is 367 g/mol. The van der Waals surface area contributed by atoms with Gasteiger partial charge in [0.05, 0.1) is 11.6 Å². The summed E-state index contributed by atoms with van der Waals surface area (Å²) < 4.78 is 14.0. The number of hydrogen-bond donors (Lipinski definition) is 0. The first-order valence-electron chi connectivity index (χ1n) is 9.19. The lowest BCUT2D eigenvalue weighted by atomic mass is 9.88. The number of anilines is 1. The molecule has 2 heterocycles. The Kier molecular flexibility index (Phi) is 4.56. The maximum atomic E-state index is 14.0. The molecule has 0 N–H and O–H groups in total. The molecule has 5 nitrogen and oxygen atoms in total. The minimum atomic E-state index is -0.344. The maximum absolute atomic E-state index is 14.0. The molecule has 2 aromatic rings. The predicted octanol–water partition coefficient (Wildman–Crippen LogP) is 2.34. The second-order valence-electron chi connectivity index (χ2n) is 7.09. The van der Waals surface area contributed by atoms with Crippen molar-refractivity contribution in [3.05, 3.63) is 65.5 Å². The number of piperazine rings is 1. The van der Waals surface area contributed by atoms with Crippen LogP contribution in [0, 0.1) is 5.82 Å². The second-order valence-corrected chi connectivity index (χ2v) is 7.09. The summed E-state index contributed by atoms with van der Waals surface area (Å²) in [6.07, 6.45) is 0. The number of likely N-dealkylation sites (N-methyl/N-ethyl adjacent to an activating group) is 1. The zero-order chi connectivity index (χ0) is 19.0. The molecule has 0 radical (unpaired) electrons. The minimum absolute atomic E-state index is 0.0370. The Labute approximate surface area is 158 Å². The van der Waals surface area contributed by atoms with E-state index in [0.29, 0.717) is 44.0 Å². The number of carbonyl (C=O) groups is 2. The maximum Gasteiger partial charge on any atom is 0.253 e. The van der Waals surface area contributed by atoms with E-state index < -0.39 is 0 Å². The van der Waals surface area contributed by atoms with E-state index in [0.717, 1.165) is 5.56 Å². The van der Waals surface area contributed by atoms with Crippen molar-refractivity contribution >= 4 is 17.5 Å². The van der Waals surface area contributed by atoms with Gasteiger partial charge >= 0.3 is 0 Å². The molecule has 27 heavy (non-hydrogen) atoms. The largest absolute Gasteiger partial charge is 0.366 e. The molecule has 2 aliphatic rings. The monoisotopic (exact) mass is 367 g/mol. The van der Waals surface area contributed by atoms with Crippen LogP contribution < -0.4 is 4.90 Å². The fourth-order valence-electron chi connectivity index (χ4n) is 3.96. The fourth-order valence-corrected chi connectivity index (χ4v) is 3.96. The van der Waals surface area contributed by atoms with Crippen molar-refractivity contribution in [1.29, 1.82) is 0 Å². The Hall–Kier alpha value is -2.89. The van der Waals surface area contributed by atoms with Crippen molar-refractivity contribution in [2.45, 2.75) is 5.92 Å². The van der Waals surface area contributed by atoms with Crippen molar-refractivity contribution in [1.82, 2.24) is 9.80 Å². The number of para-hydroxylation sites is 1. The first-order chi connectivity index (χ1) is 13.1. The molecule has 2 aliphatic heterocycles. The van der Waals surface area contributed by atoms with Gasteiger partial charge in [0.15, 0.2) is 0 Å². The molecular formula is C21H22FN3O2. The summed E-state index contributed by atoms with van der Waals surface area (Å²) in [7, 11) is 1.73. The lowest BCUT2D eigenvalue weighted by molar-refractivity contribution is -0.133. The summed E-state index contributed by atoms with van der Waals surface area (Å²) in [6, 6.07) is 14.1. The van der Waals surface area contributed by atoms with E-state index in [1.807, 2.05) is 34.1 Å². The number of benzene rings is 2. The van der Waals surface area contributed by atoms with Crippen LogP contribution in [0.1, 0.15) is 21.8 Å². The van der Waals surface area contributed by atoms with E-state index >= 15 is 0 Å². The topological polar surface area (TPSA) is 43.9 Å². The Bertz CT molecular complexity index is 877. The molecule has 1 saturated heterocycles. The highest BCUT2D eigenvalue weighted by Crippen LogP contribution is 2.30. The lowest BCUT2D eigenvalue weighted by Gasteiger charge is -2.39. The number of carbonyl (C=O) groups excluding carboxylic acids is 2. The van der Waals surface area contributed by atoms with Crippen LogP contribution >= 0.6 is 0 Å². The van der Waals surface area contributed by atoms with Crippen LogP contribution in [-0.4, -0.2) is 61.4 Å². The first kappa shape index (κ1) is 17.5. The van der Waals surface area contributed by atoms with E-state index in [-0.39, 0.29) is 23.5 Å². The molecule has 1 atom stereocenters. The van der Waals surface area contributed by atoms with Crippen LogP contribution in [0.3, 0.4) is 0 Å². The van der Waals surface area contributed by atoms with Crippen molar-refractivity contribution in [3.8, 4) is 0 Å². The number of amides is 2. The SMILES string of the molecule is CN1CC(C(=O)N2CCN(c3ccccc3F)CC2)c2ccccc2C1=O. The zero-order valence-corrected chi connectivity index (χ0v) is 15.3. The third kappa shape index (κ3) is 3.16. The highest BCUT2D eigenvalue weighted by molar-refractivity contribution is 6.00. The summed E-state index contributed by atoms with van der Waals surface area (Å²) in [4.78, 5) is 30.9. The lowest BCUT2D eigenvalue weighted by Crippen LogP contribution is -2.52. The predicted molar refractivity (Wildman–Crippen MR) is 101 cm³/mol. The second kappa shape index (κ2) is 7.02. The summed E-state index contributed by atoms with van der Waals surface area (Å²) in [6.45, 7) is 2.67. The molecule has 2 aromatic carbocycles. The quantitative estimate of drug-likeness (QED) is 0.818. The Morgan fingerprint density at radius 2 is 1.67 bits per heavy atom. The van der Waals surface area contributed by atoms with Gasteiger partial charge in [0, 0.05) is 45.3 Å². The smallest absolute Gasteiger partial charge is 0.253 e. The molecular weight excluding hydrogens is 345 g/mol. The van der Waals surface area contributed by atoms with Gasteiger partial charge in [-0.05, 0) is 23.8 Å². The van der Waals surface area contributed by atoms with Crippen LogP contribution in [0.4, 0.5) is 10.1 Å². The summed E-state index contributed by atoms with van der Waals surface area (Å²) in [5.41, 5.74) is 2.00. The number of fused-ring (bicyclic) bond motifs is 1. The first-order valence-corrected chi connectivity index (χ1v) is 9.19. The molecule has 1 fully saturated rings. The Morgan fingerprint density at radius 3 is 2.41 bits per heavy atom. The molecule has 6 heteroatoms. The Morgan fingerprint density at radius 1 is 1.00 bits per heavy atom. The van der Waals surface area contributed by atoms with E-state index in [2.05, 4.69) is 0 Å². The molecule has 2 amide bonds. The number of nitrogens with zero attached hydrogens (tertiary/aromatic N) is 3. The number of halogens is 1. The van der Waals surface area contributed by atoms with Crippen molar-refractivity contribution in [3.63, 3.8) is 0 Å². The van der Waals surface area contributed by atoms with Gasteiger partial charge < -0.3 is 14.7 Å². The molecule has 0 aromatic heterocycles. The molecule has 140 valence electrons. The van der Waals surface area contributed by atoms with Gasteiger partial charge in [-0.1, -0.05) is 30.3 Å². The van der Waals surface area contributed by atoms with Crippen molar-refractivity contribution < 1.29 is 14.0 Å². The molecule has 0 bridgehead atoms. The highest BCUT2D eigenvalue weighted by atomic mass is 19.1. The van der Waals surface area contributed by atoms with E-state index in [1.165, 1.54) is 6.07 Å². The number of rotatable bonds is 2. The van der Waals surface area contributed by atoms with Crippen molar-refractivity contribution in [2.24, 2.45) is 0 Å². The molecule has 4 rings (SSSR count). The van der Waals surface area contributed by atoms with Gasteiger partial charge in [-0.25, -0.2) is 4.39 Å². The average Bonchev–Trinajstić information content (AvgIpc) is 2.71. The summed E-state index contributed by atoms with van der Waals surface area (Å²) in [5, 5.41) is 0. The van der Waals surface area contributed by atoms with E-state index in [1.54, 1.807) is 30.1 Å². The van der Waals surface area contributed by atoms with Gasteiger partial charge in [-0.15, -0.1) is 0 Å². The third-order valence-corrected chi connectivity index (χ3v) is 5.45. The van der Waals surface area contributed by atoms with Gasteiger partial charge in [-0.3, -0.25) is 9.59 Å². The van der Waals surface area contributed by atoms with Crippen LogP contribution in [0.5, 0.6) is 0 Å². The minimum Gasteiger partial charge on any atom is -0.366 e. The normalized spacial score (nSPS) is 19.9. The number of hydrogen-bond acceptors (Lipinski definition) is 3. The van der Waals surface area contributed by atoms with Gasteiger partial charge in [-0.2, -0.15) is 0 Å². The molecule has 0 aliphatic carbocycles. The standard InChI is InChI=1S/C21H22FN3O2/c1-23-14-17(15-6-2-3-7-16(15)20(23)26)21(27)25-12-10-24(11-13-25)19-9-5-4-8-18(19)22/h2-9,17H,10-14H2,1H3. The van der Waals surface area contributed by atoms with Crippen LogP contribution in [0.2, 0.25) is 0 Å². The van der Waals surface area contributed by atoms with Crippen LogP contribution in [-0.2, 0) is 4.79 Å². The molecule has 0 saturated carbocycles. The van der Waals surface area contributed by atoms with E-state index in [4.69, 9.17) is 0 Å². The highest BCUT2D eigenvalue weighted by Gasteiger charge is 2.36. The molecule has 1 unspecified atom stereocenters. The van der Waals surface area contributed by atoms with Crippen LogP contribution in [0.15, 0.2) is 48.5 Å². The summed E-state index contributed by atoms with van der Waals surface area (Å²) >= 11 is 0. The van der Waals surface area contributed by atoms with Gasteiger partial charge in [0.1, 0.15) is 5.82 Å². The fraction of sp³-hybridized carbons (Fsp3) is 0.333. The molecule has 0 spiro atoms. The van der Waals surface area contributed by atoms with Gasteiger partial charge in [0.2, 0.25) is 5.91 Å². The third-order valence-electron chi connectivity index (χ3n) is 5.45. The summed E-state index contributed by atoms with van der Waals surface area (Å²) in [5.74, 6) is -0.587. The van der Waals surface area contributed by atoms with Crippen molar-refractivity contribution in [2.75, 3.05) is 44.7 Å².